The van der Waals surface area contributed by atoms with Gasteiger partial charge in [-0.1, -0.05) is 48.4 Å². The highest BCUT2D eigenvalue weighted by Crippen LogP contribution is 2.17. The zero-order valence-corrected chi connectivity index (χ0v) is 17.4. The number of anilines is 2. The van der Waals surface area contributed by atoms with E-state index in [1.807, 2.05) is 66.3 Å². The fourth-order valence-electron chi connectivity index (χ4n) is 3.01. The van der Waals surface area contributed by atoms with Crippen LogP contribution in [0.2, 0.25) is 0 Å². The molecule has 1 heterocycles. The topological polar surface area (TPSA) is 93.4 Å². The molecule has 0 saturated carbocycles. The van der Waals surface area contributed by atoms with Crippen LogP contribution in [0.25, 0.3) is 6.08 Å². The number of nitrogens with two attached hydrogens (primary N) is 2. The summed E-state index contributed by atoms with van der Waals surface area (Å²) < 4.78 is 1.41. The number of nitrogen functional groups attached to an aromatic ring is 1. The van der Waals surface area contributed by atoms with Gasteiger partial charge < -0.3 is 16.4 Å². The first-order valence-electron chi connectivity index (χ1n) is 9.58. The molecular formula is C22H30N6O. The zero-order chi connectivity index (χ0) is 21.2. The third-order valence-electron chi connectivity index (χ3n) is 4.21. The molecule has 0 bridgehead atoms. The summed E-state index contributed by atoms with van der Waals surface area (Å²) in [7, 11) is 1.95. The van der Waals surface area contributed by atoms with Crippen molar-refractivity contribution in [1.82, 2.24) is 14.7 Å². The van der Waals surface area contributed by atoms with Crippen molar-refractivity contribution in [3.63, 3.8) is 0 Å². The first kappa shape index (κ1) is 22.2. The molecule has 7 nitrogen and oxygen atoms in total. The summed E-state index contributed by atoms with van der Waals surface area (Å²) in [4.78, 5) is 17.0. The minimum absolute atomic E-state index is 0.0219. The molecule has 0 aliphatic rings. The van der Waals surface area contributed by atoms with Crippen molar-refractivity contribution in [1.29, 1.82) is 0 Å². The Balaban J connectivity index is 2.28. The summed E-state index contributed by atoms with van der Waals surface area (Å²) in [5.41, 5.74) is 13.6. The molecule has 2 rings (SSSR count). The van der Waals surface area contributed by atoms with Crippen molar-refractivity contribution in [2.24, 2.45) is 5.73 Å². The molecule has 0 spiro atoms. The lowest BCUT2D eigenvalue weighted by molar-refractivity contribution is 0.317. The van der Waals surface area contributed by atoms with Gasteiger partial charge in [-0.15, -0.1) is 5.92 Å². The number of likely N-dealkylation sites (N-methyl/N-ethyl adjacent to an activating group) is 1. The van der Waals surface area contributed by atoms with Crippen LogP contribution in [-0.2, 0) is 6.54 Å². The van der Waals surface area contributed by atoms with Crippen molar-refractivity contribution in [3.8, 4) is 11.8 Å². The van der Waals surface area contributed by atoms with Gasteiger partial charge >= 0.3 is 0 Å². The van der Waals surface area contributed by atoms with E-state index in [1.54, 1.807) is 6.92 Å². The highest BCUT2D eigenvalue weighted by Gasteiger charge is 2.18. The Labute approximate surface area is 172 Å². The van der Waals surface area contributed by atoms with Gasteiger partial charge in [-0.3, -0.25) is 9.69 Å². The van der Waals surface area contributed by atoms with Gasteiger partial charge in [0.1, 0.15) is 5.69 Å². The second kappa shape index (κ2) is 11.1. The van der Waals surface area contributed by atoms with Gasteiger partial charge in [0, 0.05) is 12.6 Å². The van der Waals surface area contributed by atoms with Crippen molar-refractivity contribution in [2.45, 2.75) is 26.4 Å². The monoisotopic (exact) mass is 394 g/mol. The number of hydrogen-bond acceptors (Lipinski definition) is 6. The van der Waals surface area contributed by atoms with E-state index in [1.165, 1.54) is 10.9 Å². The fourth-order valence-corrected chi connectivity index (χ4v) is 3.01. The van der Waals surface area contributed by atoms with Gasteiger partial charge in [0.05, 0.1) is 31.6 Å². The van der Waals surface area contributed by atoms with Crippen LogP contribution in [0, 0.1) is 11.8 Å². The summed E-state index contributed by atoms with van der Waals surface area (Å²) >= 11 is 0. The molecule has 2 aromatic rings. The van der Waals surface area contributed by atoms with E-state index >= 15 is 0 Å². The Morgan fingerprint density at radius 2 is 2.03 bits per heavy atom. The average Bonchev–Trinajstić information content (AvgIpc) is 2.68. The van der Waals surface area contributed by atoms with Gasteiger partial charge in [0.2, 0.25) is 0 Å². The number of allylic oxidation sites excluding steroid dienone is 1. The van der Waals surface area contributed by atoms with Gasteiger partial charge in [-0.25, -0.2) is 4.68 Å². The van der Waals surface area contributed by atoms with Crippen LogP contribution < -0.4 is 21.9 Å². The maximum absolute atomic E-state index is 13.1. The molecule has 0 saturated heterocycles. The maximum Gasteiger partial charge on any atom is 0.292 e. The maximum atomic E-state index is 13.1. The average molecular weight is 395 g/mol. The molecule has 154 valence electrons. The molecule has 0 fully saturated rings. The summed E-state index contributed by atoms with van der Waals surface area (Å²) in [5, 5.41) is 4.19. The molecule has 1 aromatic carbocycles. The second-order valence-corrected chi connectivity index (χ2v) is 7.03. The Kier molecular flexibility index (Phi) is 8.46. The first-order chi connectivity index (χ1) is 13.9. The largest absolute Gasteiger partial charge is 0.396 e. The van der Waals surface area contributed by atoms with Crippen molar-refractivity contribution in [3.05, 3.63) is 58.5 Å². The van der Waals surface area contributed by atoms with Crippen LogP contribution in [0.3, 0.4) is 0 Å². The van der Waals surface area contributed by atoms with Crippen LogP contribution >= 0.6 is 0 Å². The summed E-state index contributed by atoms with van der Waals surface area (Å²) in [6.45, 7) is 5.63. The number of nitrogens with zero attached hydrogens (tertiary/aromatic N) is 4. The normalized spacial score (nSPS) is 12.0. The Hall–Kier alpha value is -3.08. The Bertz CT molecular complexity index is 924. The fraction of sp³-hybridized carbons (Fsp3) is 0.364. The summed E-state index contributed by atoms with van der Waals surface area (Å²) in [6.07, 6.45) is 5.38. The van der Waals surface area contributed by atoms with E-state index in [9.17, 15) is 4.79 Å². The number of hydrogen-bond donors (Lipinski definition) is 2. The van der Waals surface area contributed by atoms with Crippen LogP contribution in [0.15, 0.2) is 47.4 Å². The van der Waals surface area contributed by atoms with Crippen LogP contribution in [0.5, 0.6) is 0 Å². The van der Waals surface area contributed by atoms with E-state index in [0.717, 1.165) is 5.56 Å². The van der Waals surface area contributed by atoms with Crippen LogP contribution in [0.4, 0.5) is 11.4 Å². The SMILES string of the molecule is CC#CCN(CN(C)CC(C)N)c1c(N)cnn(C/C=C/c2ccccc2)c1=O. The first-order valence-corrected chi connectivity index (χ1v) is 9.58. The molecule has 0 radical (unpaired) electrons. The van der Waals surface area contributed by atoms with Crippen molar-refractivity contribution in [2.75, 3.05) is 37.4 Å². The Morgan fingerprint density at radius 3 is 2.69 bits per heavy atom. The van der Waals surface area contributed by atoms with Gasteiger partial charge in [-0.2, -0.15) is 5.10 Å². The molecule has 0 amide bonds. The predicted octanol–water partition coefficient (Wildman–Crippen LogP) is 1.61. The van der Waals surface area contributed by atoms with E-state index in [2.05, 4.69) is 16.9 Å². The standard InChI is InChI=1S/C22H30N6O/c1-4-5-13-27(17-26(3)16-18(2)23)21-20(24)15-25-28(22(21)29)14-9-12-19-10-7-6-8-11-19/h6-12,15,18H,13-14,16-17,23-24H2,1-3H3/b12-9+. The van der Waals surface area contributed by atoms with Crippen molar-refractivity contribution < 1.29 is 0 Å². The molecule has 29 heavy (non-hydrogen) atoms. The molecule has 1 unspecified atom stereocenters. The van der Waals surface area contributed by atoms with Crippen LogP contribution in [0.1, 0.15) is 19.4 Å². The van der Waals surface area contributed by atoms with E-state index in [-0.39, 0.29) is 11.6 Å². The lowest BCUT2D eigenvalue weighted by atomic mass is 10.2. The zero-order valence-electron chi connectivity index (χ0n) is 17.4. The van der Waals surface area contributed by atoms with Gasteiger partial charge in [0.25, 0.3) is 5.56 Å². The van der Waals surface area contributed by atoms with Gasteiger partial charge in [0.15, 0.2) is 0 Å². The second-order valence-electron chi connectivity index (χ2n) is 7.03. The smallest absolute Gasteiger partial charge is 0.292 e. The highest BCUT2D eigenvalue weighted by molar-refractivity contribution is 5.65. The molecule has 4 N–H and O–H groups in total. The third kappa shape index (κ3) is 6.79. The molecular weight excluding hydrogens is 364 g/mol. The molecule has 0 aliphatic carbocycles. The van der Waals surface area contributed by atoms with Crippen molar-refractivity contribution >= 4 is 17.5 Å². The molecule has 1 atom stereocenters. The van der Waals surface area contributed by atoms with E-state index < -0.39 is 0 Å². The van der Waals surface area contributed by atoms with Gasteiger partial charge in [-0.05, 0) is 26.5 Å². The molecule has 1 aromatic heterocycles. The summed E-state index contributed by atoms with van der Waals surface area (Å²) in [6, 6.07) is 9.93. The number of aromatic nitrogens is 2. The Morgan fingerprint density at radius 1 is 1.31 bits per heavy atom. The van der Waals surface area contributed by atoms with E-state index in [0.29, 0.717) is 37.7 Å². The highest BCUT2D eigenvalue weighted by atomic mass is 16.1. The number of rotatable bonds is 9. The quantitative estimate of drug-likeness (QED) is 0.496. The minimum Gasteiger partial charge on any atom is -0.396 e. The third-order valence-corrected chi connectivity index (χ3v) is 4.21. The predicted molar refractivity (Wildman–Crippen MR) is 120 cm³/mol. The lowest BCUT2D eigenvalue weighted by Gasteiger charge is -2.29. The molecule has 7 heteroatoms. The summed E-state index contributed by atoms with van der Waals surface area (Å²) in [5.74, 6) is 5.90. The number of benzene rings is 1. The minimum atomic E-state index is -0.241. The lowest BCUT2D eigenvalue weighted by Crippen LogP contribution is -2.44. The van der Waals surface area contributed by atoms with E-state index in [4.69, 9.17) is 11.5 Å². The van der Waals surface area contributed by atoms with Crippen LogP contribution in [-0.4, -0.2) is 47.5 Å². The molecule has 0 aliphatic heterocycles.